The lowest BCUT2D eigenvalue weighted by atomic mass is 9.87. The first-order valence-electron chi connectivity index (χ1n) is 5.24. The normalized spacial score (nSPS) is 42.8. The van der Waals surface area contributed by atoms with Crippen LogP contribution in [0.5, 0.6) is 0 Å². The van der Waals surface area contributed by atoms with E-state index in [2.05, 4.69) is 5.32 Å². The van der Waals surface area contributed by atoms with Crippen LogP contribution in [-0.4, -0.2) is 42.3 Å². The van der Waals surface area contributed by atoms with Crippen molar-refractivity contribution < 1.29 is 9.53 Å². The number of amides is 1. The molecule has 2 aliphatic rings. The van der Waals surface area contributed by atoms with Crippen LogP contribution < -0.4 is 5.32 Å². The monoisotopic (exact) mass is 198 g/mol. The van der Waals surface area contributed by atoms with Gasteiger partial charge in [-0.1, -0.05) is 0 Å². The van der Waals surface area contributed by atoms with Gasteiger partial charge in [0.05, 0.1) is 18.3 Å². The zero-order valence-electron chi connectivity index (χ0n) is 8.99. The highest BCUT2D eigenvalue weighted by atomic mass is 16.5. The van der Waals surface area contributed by atoms with Crippen LogP contribution in [-0.2, 0) is 9.53 Å². The van der Waals surface area contributed by atoms with Gasteiger partial charge in [0.15, 0.2) is 0 Å². The highest BCUT2D eigenvalue weighted by molar-refractivity contribution is 5.84. The fourth-order valence-corrected chi connectivity index (χ4v) is 2.38. The zero-order valence-corrected chi connectivity index (χ0v) is 8.99. The highest BCUT2D eigenvalue weighted by Crippen LogP contribution is 2.31. The Morgan fingerprint density at radius 1 is 1.43 bits per heavy atom. The van der Waals surface area contributed by atoms with Gasteiger partial charge in [-0.05, 0) is 26.7 Å². The third-order valence-corrected chi connectivity index (χ3v) is 3.33. The molecule has 1 aliphatic heterocycles. The van der Waals surface area contributed by atoms with E-state index in [9.17, 15) is 4.79 Å². The Morgan fingerprint density at radius 3 is 2.50 bits per heavy atom. The molecular weight excluding hydrogens is 180 g/mol. The van der Waals surface area contributed by atoms with Crippen LogP contribution in [0.3, 0.4) is 0 Å². The largest absolute Gasteiger partial charge is 0.381 e. The van der Waals surface area contributed by atoms with Crippen molar-refractivity contribution in [2.24, 2.45) is 0 Å². The molecule has 2 unspecified atom stereocenters. The highest BCUT2D eigenvalue weighted by Gasteiger charge is 2.43. The van der Waals surface area contributed by atoms with Crippen LogP contribution in [0.1, 0.15) is 26.7 Å². The number of nitrogens with zero attached hydrogens (tertiary/aromatic N) is 1. The molecule has 1 heterocycles. The molecule has 0 aromatic rings. The number of carbonyl (C=O) groups is 1. The van der Waals surface area contributed by atoms with Crippen LogP contribution in [0.4, 0.5) is 0 Å². The number of carbonyl (C=O) groups excluding carboxylic acids is 1. The number of nitrogens with one attached hydrogen (secondary N) is 1. The summed E-state index contributed by atoms with van der Waals surface area (Å²) < 4.78 is 5.21. The molecule has 2 atom stereocenters. The molecule has 0 bridgehead atoms. The maximum Gasteiger partial charge on any atom is 0.240 e. The second-order valence-electron chi connectivity index (χ2n) is 4.29. The minimum atomic E-state index is -0.0217. The second kappa shape index (κ2) is 3.51. The summed E-state index contributed by atoms with van der Waals surface area (Å²) in [4.78, 5) is 13.7. The van der Waals surface area contributed by atoms with Gasteiger partial charge in [-0.2, -0.15) is 0 Å². The summed E-state index contributed by atoms with van der Waals surface area (Å²) in [6, 6.07) is 0.367. The fourth-order valence-electron chi connectivity index (χ4n) is 2.38. The Morgan fingerprint density at radius 2 is 2.07 bits per heavy atom. The second-order valence-corrected chi connectivity index (χ2v) is 4.29. The lowest BCUT2D eigenvalue weighted by molar-refractivity contribution is -0.136. The standard InChI is InChI=1S/C10H18N2O2/c1-6-10(13)12(7(2)11-6)8-4-9(5-8)14-3/h6-9,11H,4-5H2,1-3H3. The molecule has 4 heteroatoms. The predicted molar refractivity (Wildman–Crippen MR) is 52.7 cm³/mol. The Kier molecular flexibility index (Phi) is 2.49. The maximum atomic E-state index is 11.8. The Hall–Kier alpha value is -0.610. The first-order chi connectivity index (χ1) is 6.63. The van der Waals surface area contributed by atoms with Gasteiger partial charge >= 0.3 is 0 Å². The Bertz CT molecular complexity index is 238. The minimum absolute atomic E-state index is 0.0217. The van der Waals surface area contributed by atoms with Crippen molar-refractivity contribution in [1.29, 1.82) is 0 Å². The summed E-state index contributed by atoms with van der Waals surface area (Å²) >= 11 is 0. The van der Waals surface area contributed by atoms with Crippen molar-refractivity contribution in [2.75, 3.05) is 7.11 Å². The molecule has 0 aromatic carbocycles. The summed E-state index contributed by atoms with van der Waals surface area (Å²) in [5.74, 6) is 0.233. The van der Waals surface area contributed by atoms with Gasteiger partial charge in [-0.25, -0.2) is 0 Å². The van der Waals surface area contributed by atoms with Gasteiger partial charge in [0, 0.05) is 13.2 Å². The van der Waals surface area contributed by atoms with Gasteiger partial charge < -0.3 is 9.64 Å². The van der Waals surface area contributed by atoms with Crippen molar-refractivity contribution in [3.8, 4) is 0 Å². The molecule has 1 amide bonds. The zero-order chi connectivity index (χ0) is 10.3. The van der Waals surface area contributed by atoms with Crippen molar-refractivity contribution in [2.45, 2.75) is 51.0 Å². The average molecular weight is 198 g/mol. The predicted octanol–water partition coefficient (Wildman–Crippen LogP) is 0.330. The number of hydrogen-bond donors (Lipinski definition) is 1. The van der Waals surface area contributed by atoms with E-state index in [1.165, 1.54) is 0 Å². The first kappa shape index (κ1) is 9.93. The van der Waals surface area contributed by atoms with E-state index in [-0.39, 0.29) is 18.1 Å². The maximum absolute atomic E-state index is 11.8. The van der Waals surface area contributed by atoms with Crippen LogP contribution in [0, 0.1) is 0 Å². The smallest absolute Gasteiger partial charge is 0.240 e. The summed E-state index contributed by atoms with van der Waals surface area (Å²) in [6.45, 7) is 3.97. The molecule has 0 aromatic heterocycles. The molecule has 4 nitrogen and oxygen atoms in total. The number of methoxy groups -OCH3 is 1. The van der Waals surface area contributed by atoms with Gasteiger partial charge in [0.1, 0.15) is 0 Å². The third-order valence-electron chi connectivity index (χ3n) is 3.33. The third kappa shape index (κ3) is 1.42. The van der Waals surface area contributed by atoms with E-state index < -0.39 is 0 Å². The molecular formula is C10H18N2O2. The van der Waals surface area contributed by atoms with E-state index in [0.29, 0.717) is 12.1 Å². The molecule has 1 saturated carbocycles. The lowest BCUT2D eigenvalue weighted by Crippen LogP contribution is -2.52. The van der Waals surface area contributed by atoms with Gasteiger partial charge in [-0.3, -0.25) is 10.1 Å². The number of hydrogen-bond acceptors (Lipinski definition) is 3. The average Bonchev–Trinajstić information content (AvgIpc) is 2.29. The molecule has 2 fully saturated rings. The summed E-state index contributed by atoms with van der Waals surface area (Å²) in [5, 5.41) is 3.23. The van der Waals surface area contributed by atoms with Crippen molar-refractivity contribution in [1.82, 2.24) is 10.2 Å². The van der Waals surface area contributed by atoms with E-state index in [1.54, 1.807) is 7.11 Å². The van der Waals surface area contributed by atoms with E-state index in [4.69, 9.17) is 4.74 Å². The van der Waals surface area contributed by atoms with Gasteiger partial charge in [-0.15, -0.1) is 0 Å². The molecule has 14 heavy (non-hydrogen) atoms. The fraction of sp³-hybridized carbons (Fsp3) is 0.900. The van der Waals surface area contributed by atoms with Crippen LogP contribution in [0.2, 0.25) is 0 Å². The number of rotatable bonds is 2. The summed E-state index contributed by atoms with van der Waals surface area (Å²) in [5.41, 5.74) is 0. The summed E-state index contributed by atoms with van der Waals surface area (Å²) in [6.07, 6.45) is 2.51. The molecule has 0 spiro atoms. The molecule has 80 valence electrons. The lowest BCUT2D eigenvalue weighted by Gasteiger charge is -2.41. The SMILES string of the molecule is COC1CC(N2C(=O)C(C)NC2C)C1. The van der Waals surface area contributed by atoms with Gasteiger partial charge in [0.25, 0.3) is 0 Å². The molecule has 1 aliphatic carbocycles. The van der Waals surface area contributed by atoms with Crippen molar-refractivity contribution in [3.63, 3.8) is 0 Å². The van der Waals surface area contributed by atoms with Crippen molar-refractivity contribution in [3.05, 3.63) is 0 Å². The molecule has 1 N–H and O–H groups in total. The first-order valence-corrected chi connectivity index (χ1v) is 5.24. The van der Waals surface area contributed by atoms with Crippen LogP contribution in [0.15, 0.2) is 0 Å². The molecule has 2 rings (SSSR count). The van der Waals surface area contributed by atoms with E-state index in [1.807, 2.05) is 18.7 Å². The van der Waals surface area contributed by atoms with Crippen molar-refractivity contribution >= 4 is 5.91 Å². The van der Waals surface area contributed by atoms with Gasteiger partial charge in [0.2, 0.25) is 5.91 Å². The van der Waals surface area contributed by atoms with E-state index in [0.717, 1.165) is 12.8 Å². The quantitative estimate of drug-likeness (QED) is 0.695. The van der Waals surface area contributed by atoms with Crippen LogP contribution >= 0.6 is 0 Å². The molecule has 1 saturated heterocycles. The Balaban J connectivity index is 1.95. The van der Waals surface area contributed by atoms with Crippen LogP contribution in [0.25, 0.3) is 0 Å². The topological polar surface area (TPSA) is 41.6 Å². The summed E-state index contributed by atoms with van der Waals surface area (Å²) in [7, 11) is 1.73. The van der Waals surface area contributed by atoms with E-state index >= 15 is 0 Å². The number of ether oxygens (including phenoxy) is 1. The molecule has 0 radical (unpaired) electrons. The Labute approximate surface area is 84.6 Å². The minimum Gasteiger partial charge on any atom is -0.381 e.